The second-order valence-corrected chi connectivity index (χ2v) is 6.69. The first-order chi connectivity index (χ1) is 14.5. The minimum Gasteiger partial charge on any atom is -0.497 e. The first-order valence-electron chi connectivity index (χ1n) is 9.48. The number of ether oxygens (including phenoxy) is 1. The molecule has 0 aliphatic rings. The molecule has 6 heteroatoms. The molecule has 152 valence electrons. The standard InChI is InChI=1S/C24H23N3O3/c1-17(15-23(28)25-21-9-6-10-22(16-21)30-2)26-27-24(29)20-13-11-19(12-14-20)18-7-4-3-5-8-18/h3-14,16H,15H2,1-2H3,(H,25,28)(H,27,29)/b26-17-. The highest BCUT2D eigenvalue weighted by molar-refractivity contribution is 6.06. The van der Waals surface area contributed by atoms with Crippen molar-refractivity contribution < 1.29 is 14.3 Å². The molecule has 0 fully saturated rings. The van der Waals surface area contributed by atoms with Gasteiger partial charge in [-0.15, -0.1) is 0 Å². The number of nitrogens with one attached hydrogen (secondary N) is 2. The number of carbonyl (C=O) groups is 2. The van der Waals surface area contributed by atoms with E-state index >= 15 is 0 Å². The molecule has 0 radical (unpaired) electrons. The minimum absolute atomic E-state index is 0.0600. The zero-order valence-electron chi connectivity index (χ0n) is 16.9. The van der Waals surface area contributed by atoms with Gasteiger partial charge in [-0.05, 0) is 42.3 Å². The topological polar surface area (TPSA) is 79.8 Å². The van der Waals surface area contributed by atoms with E-state index in [-0.39, 0.29) is 18.2 Å². The van der Waals surface area contributed by atoms with E-state index < -0.39 is 0 Å². The van der Waals surface area contributed by atoms with Gasteiger partial charge in [0.05, 0.1) is 13.5 Å². The fraction of sp³-hybridized carbons (Fsp3) is 0.125. The lowest BCUT2D eigenvalue weighted by atomic mass is 10.0. The third kappa shape index (κ3) is 5.78. The van der Waals surface area contributed by atoms with Crippen molar-refractivity contribution in [1.29, 1.82) is 0 Å². The van der Waals surface area contributed by atoms with E-state index in [1.54, 1.807) is 50.4 Å². The fourth-order valence-corrected chi connectivity index (χ4v) is 2.83. The van der Waals surface area contributed by atoms with Crippen LogP contribution < -0.4 is 15.5 Å². The third-order valence-electron chi connectivity index (χ3n) is 4.37. The van der Waals surface area contributed by atoms with Crippen LogP contribution in [0.1, 0.15) is 23.7 Å². The Balaban J connectivity index is 1.54. The van der Waals surface area contributed by atoms with Gasteiger partial charge in [-0.1, -0.05) is 48.5 Å². The first kappa shape index (κ1) is 20.8. The lowest BCUT2D eigenvalue weighted by Crippen LogP contribution is -2.21. The molecule has 3 rings (SSSR count). The van der Waals surface area contributed by atoms with Gasteiger partial charge in [0.15, 0.2) is 0 Å². The second kappa shape index (κ2) is 10.0. The van der Waals surface area contributed by atoms with Crippen LogP contribution in [0.4, 0.5) is 5.69 Å². The number of amides is 2. The maximum atomic E-state index is 12.3. The Morgan fingerprint density at radius 1 is 0.900 bits per heavy atom. The zero-order chi connectivity index (χ0) is 21.3. The van der Waals surface area contributed by atoms with Crippen LogP contribution in [0.2, 0.25) is 0 Å². The summed E-state index contributed by atoms with van der Waals surface area (Å²) in [6, 6.07) is 24.3. The Kier molecular flexibility index (Phi) is 6.95. The van der Waals surface area contributed by atoms with E-state index in [1.807, 2.05) is 42.5 Å². The number of carbonyl (C=O) groups excluding carboxylic acids is 2. The summed E-state index contributed by atoms with van der Waals surface area (Å²) in [5, 5.41) is 6.80. The van der Waals surface area contributed by atoms with Gasteiger partial charge in [-0.3, -0.25) is 9.59 Å². The van der Waals surface area contributed by atoms with Crippen LogP contribution in [0.15, 0.2) is 84.0 Å². The van der Waals surface area contributed by atoms with Crippen molar-refractivity contribution in [3.8, 4) is 16.9 Å². The molecule has 2 N–H and O–H groups in total. The van der Waals surface area contributed by atoms with Gasteiger partial charge in [0.1, 0.15) is 5.75 Å². The average molecular weight is 401 g/mol. The lowest BCUT2D eigenvalue weighted by molar-refractivity contribution is -0.115. The summed E-state index contributed by atoms with van der Waals surface area (Å²) in [5.41, 5.74) is 6.22. The molecular weight excluding hydrogens is 378 g/mol. The van der Waals surface area contributed by atoms with Crippen LogP contribution in [0.3, 0.4) is 0 Å². The molecule has 30 heavy (non-hydrogen) atoms. The number of benzene rings is 3. The van der Waals surface area contributed by atoms with E-state index in [1.165, 1.54) is 0 Å². The molecule has 2 amide bonds. The largest absolute Gasteiger partial charge is 0.497 e. The first-order valence-corrected chi connectivity index (χ1v) is 9.48. The predicted octanol–water partition coefficient (Wildman–Crippen LogP) is 4.50. The van der Waals surface area contributed by atoms with Crippen molar-refractivity contribution in [1.82, 2.24) is 5.43 Å². The number of anilines is 1. The van der Waals surface area contributed by atoms with Gasteiger partial charge < -0.3 is 10.1 Å². The summed E-state index contributed by atoms with van der Waals surface area (Å²) in [7, 11) is 1.57. The molecule has 0 bridgehead atoms. The molecular formula is C24H23N3O3. The van der Waals surface area contributed by atoms with Crippen LogP contribution in [0.25, 0.3) is 11.1 Å². The molecule has 0 aromatic heterocycles. The smallest absolute Gasteiger partial charge is 0.271 e. The number of hydrogen-bond acceptors (Lipinski definition) is 4. The minimum atomic E-state index is -0.331. The Hall–Kier alpha value is -3.93. The SMILES string of the molecule is COc1cccc(NC(=O)C/C(C)=N\NC(=O)c2ccc(-c3ccccc3)cc2)c1. The Labute approximate surface area is 175 Å². The summed E-state index contributed by atoms with van der Waals surface area (Å²) in [6.07, 6.45) is 0.0600. The molecule has 0 spiro atoms. The lowest BCUT2D eigenvalue weighted by Gasteiger charge is -2.07. The van der Waals surface area contributed by atoms with E-state index in [0.29, 0.717) is 22.7 Å². The molecule has 3 aromatic rings. The Bertz CT molecular complexity index is 1040. The van der Waals surface area contributed by atoms with Crippen LogP contribution in [0, 0.1) is 0 Å². The summed E-state index contributed by atoms with van der Waals surface area (Å²) < 4.78 is 5.13. The van der Waals surface area contributed by atoms with Crippen molar-refractivity contribution in [3.63, 3.8) is 0 Å². The Morgan fingerprint density at radius 2 is 1.60 bits per heavy atom. The number of methoxy groups -OCH3 is 1. The van der Waals surface area contributed by atoms with Crippen LogP contribution >= 0.6 is 0 Å². The maximum Gasteiger partial charge on any atom is 0.271 e. The Morgan fingerprint density at radius 3 is 2.30 bits per heavy atom. The normalized spacial score (nSPS) is 10.9. The summed E-state index contributed by atoms with van der Waals surface area (Å²) >= 11 is 0. The zero-order valence-corrected chi connectivity index (χ0v) is 16.9. The third-order valence-corrected chi connectivity index (χ3v) is 4.37. The molecule has 0 saturated heterocycles. The molecule has 0 aliphatic heterocycles. The fourth-order valence-electron chi connectivity index (χ4n) is 2.83. The van der Waals surface area contributed by atoms with Gasteiger partial charge in [0, 0.05) is 23.0 Å². The van der Waals surface area contributed by atoms with Gasteiger partial charge in [-0.25, -0.2) is 5.43 Å². The molecule has 6 nitrogen and oxygen atoms in total. The van der Waals surface area contributed by atoms with Gasteiger partial charge >= 0.3 is 0 Å². The maximum absolute atomic E-state index is 12.3. The molecule has 0 unspecified atom stereocenters. The molecule has 3 aromatic carbocycles. The van der Waals surface area contributed by atoms with Crippen molar-refractivity contribution in [3.05, 3.63) is 84.4 Å². The highest BCUT2D eigenvalue weighted by Crippen LogP contribution is 2.19. The van der Waals surface area contributed by atoms with Gasteiger partial charge in [-0.2, -0.15) is 5.10 Å². The van der Waals surface area contributed by atoms with E-state index in [0.717, 1.165) is 11.1 Å². The molecule has 0 saturated carbocycles. The predicted molar refractivity (Wildman–Crippen MR) is 119 cm³/mol. The van der Waals surface area contributed by atoms with Crippen molar-refractivity contribution in [2.75, 3.05) is 12.4 Å². The highest BCUT2D eigenvalue weighted by Gasteiger charge is 2.08. The summed E-state index contributed by atoms with van der Waals surface area (Å²) in [6.45, 7) is 1.68. The van der Waals surface area contributed by atoms with Crippen LogP contribution in [0.5, 0.6) is 5.75 Å². The molecule has 0 heterocycles. The van der Waals surface area contributed by atoms with E-state index in [4.69, 9.17) is 4.74 Å². The van der Waals surface area contributed by atoms with Crippen molar-refractivity contribution >= 4 is 23.2 Å². The second-order valence-electron chi connectivity index (χ2n) is 6.69. The summed E-state index contributed by atoms with van der Waals surface area (Å²) in [4.78, 5) is 24.5. The summed E-state index contributed by atoms with van der Waals surface area (Å²) in [5.74, 6) is 0.0943. The number of hydrazone groups is 1. The highest BCUT2D eigenvalue weighted by atomic mass is 16.5. The molecule has 0 atom stereocenters. The van der Waals surface area contributed by atoms with Crippen molar-refractivity contribution in [2.45, 2.75) is 13.3 Å². The average Bonchev–Trinajstić information content (AvgIpc) is 2.78. The monoisotopic (exact) mass is 401 g/mol. The van der Waals surface area contributed by atoms with E-state index in [9.17, 15) is 9.59 Å². The number of rotatable bonds is 7. The van der Waals surface area contributed by atoms with Crippen molar-refractivity contribution in [2.24, 2.45) is 5.10 Å². The van der Waals surface area contributed by atoms with Gasteiger partial charge in [0.2, 0.25) is 5.91 Å². The van der Waals surface area contributed by atoms with E-state index in [2.05, 4.69) is 15.8 Å². The van der Waals surface area contributed by atoms with Gasteiger partial charge in [0.25, 0.3) is 5.91 Å². The number of nitrogens with zero attached hydrogens (tertiary/aromatic N) is 1. The molecule has 0 aliphatic carbocycles. The van der Waals surface area contributed by atoms with Crippen LogP contribution in [-0.4, -0.2) is 24.6 Å². The number of hydrogen-bond donors (Lipinski definition) is 2. The quantitative estimate of drug-likeness (QED) is 0.452. The van der Waals surface area contributed by atoms with Crippen LogP contribution in [-0.2, 0) is 4.79 Å².